The number of hydrogen-bond donors (Lipinski definition) is 0. The van der Waals surface area contributed by atoms with Crippen LogP contribution < -0.4 is 4.90 Å². The van der Waals surface area contributed by atoms with Gasteiger partial charge in [-0.05, 0) is 77.1 Å². The molecule has 6 heteroatoms. The average Bonchev–Trinajstić information content (AvgIpc) is 2.86. The van der Waals surface area contributed by atoms with Crippen LogP contribution in [0.2, 0.25) is 0 Å². The predicted octanol–water partition coefficient (Wildman–Crippen LogP) is 4.98. The molecule has 33 heavy (non-hydrogen) atoms. The maximum atomic E-state index is 12.8. The Morgan fingerprint density at radius 2 is 1.70 bits per heavy atom. The SMILES string of the molecule is CCN(CC)C(=O)c1cnc([C@@H]2CCCCN2Cc2ccc(N3CCCCC3)cc2)nc1C. The van der Waals surface area contributed by atoms with Gasteiger partial charge in [0, 0.05) is 44.6 Å². The molecular weight excluding hydrogens is 410 g/mol. The van der Waals surface area contributed by atoms with Gasteiger partial charge in [0.05, 0.1) is 17.3 Å². The average molecular weight is 450 g/mol. The fourth-order valence-corrected chi connectivity index (χ4v) is 5.21. The number of aryl methyl sites for hydroxylation is 1. The zero-order valence-corrected chi connectivity index (χ0v) is 20.6. The van der Waals surface area contributed by atoms with Crippen molar-refractivity contribution >= 4 is 11.6 Å². The minimum Gasteiger partial charge on any atom is -0.372 e. The number of benzene rings is 1. The number of anilines is 1. The highest BCUT2D eigenvalue weighted by Gasteiger charge is 2.27. The third-order valence-electron chi connectivity index (χ3n) is 7.23. The van der Waals surface area contributed by atoms with E-state index < -0.39 is 0 Å². The normalized spacial score (nSPS) is 19.5. The van der Waals surface area contributed by atoms with Crippen LogP contribution in [0.5, 0.6) is 0 Å². The molecule has 0 aliphatic carbocycles. The second-order valence-electron chi connectivity index (χ2n) is 9.40. The van der Waals surface area contributed by atoms with Crippen LogP contribution in [0.25, 0.3) is 0 Å². The highest BCUT2D eigenvalue weighted by molar-refractivity contribution is 5.94. The van der Waals surface area contributed by atoms with E-state index in [-0.39, 0.29) is 11.9 Å². The van der Waals surface area contributed by atoms with E-state index in [1.807, 2.05) is 25.7 Å². The van der Waals surface area contributed by atoms with Crippen LogP contribution in [0.15, 0.2) is 30.5 Å². The summed E-state index contributed by atoms with van der Waals surface area (Å²) in [5, 5.41) is 0. The molecule has 0 unspecified atom stereocenters. The molecular formula is C27H39N5O. The Morgan fingerprint density at radius 1 is 1.00 bits per heavy atom. The Hall–Kier alpha value is -2.47. The molecule has 2 saturated heterocycles. The summed E-state index contributed by atoms with van der Waals surface area (Å²) < 4.78 is 0. The second-order valence-corrected chi connectivity index (χ2v) is 9.40. The molecule has 6 nitrogen and oxygen atoms in total. The number of hydrogen-bond acceptors (Lipinski definition) is 5. The minimum absolute atomic E-state index is 0.0262. The molecule has 0 spiro atoms. The highest BCUT2D eigenvalue weighted by atomic mass is 16.2. The number of piperidine rings is 2. The fourth-order valence-electron chi connectivity index (χ4n) is 5.21. The van der Waals surface area contributed by atoms with Gasteiger partial charge >= 0.3 is 0 Å². The maximum Gasteiger partial charge on any atom is 0.257 e. The van der Waals surface area contributed by atoms with Crippen molar-refractivity contribution < 1.29 is 4.79 Å². The largest absolute Gasteiger partial charge is 0.372 e. The molecule has 0 saturated carbocycles. The topological polar surface area (TPSA) is 52.6 Å². The van der Waals surface area contributed by atoms with Gasteiger partial charge in [0.2, 0.25) is 0 Å². The third kappa shape index (κ3) is 5.55. The van der Waals surface area contributed by atoms with E-state index in [1.54, 1.807) is 6.20 Å². The Bertz CT molecular complexity index is 919. The lowest BCUT2D eigenvalue weighted by Crippen LogP contribution is -2.35. The van der Waals surface area contributed by atoms with Crippen LogP contribution in [0, 0.1) is 6.92 Å². The monoisotopic (exact) mass is 449 g/mol. The summed E-state index contributed by atoms with van der Waals surface area (Å²) in [5.74, 6) is 0.881. The number of rotatable bonds is 7. The van der Waals surface area contributed by atoms with Crippen molar-refractivity contribution in [2.24, 2.45) is 0 Å². The number of carbonyl (C=O) groups excluding carboxylic acids is 1. The summed E-state index contributed by atoms with van der Waals surface area (Å²) in [5.41, 5.74) is 4.10. The molecule has 2 aromatic rings. The van der Waals surface area contributed by atoms with Crippen molar-refractivity contribution in [3.05, 3.63) is 53.1 Å². The molecule has 1 aromatic heterocycles. The van der Waals surface area contributed by atoms with E-state index in [0.29, 0.717) is 18.7 Å². The van der Waals surface area contributed by atoms with Gasteiger partial charge in [-0.2, -0.15) is 0 Å². The number of likely N-dealkylation sites (tertiary alicyclic amines) is 1. The van der Waals surface area contributed by atoms with E-state index >= 15 is 0 Å². The van der Waals surface area contributed by atoms with Gasteiger partial charge in [0.25, 0.3) is 5.91 Å². The van der Waals surface area contributed by atoms with Crippen LogP contribution in [0.1, 0.15) is 85.9 Å². The van der Waals surface area contributed by atoms with Crippen molar-refractivity contribution in [3.8, 4) is 0 Å². The Kier molecular flexibility index (Phi) is 7.97. The summed E-state index contributed by atoms with van der Waals surface area (Å²) >= 11 is 0. The first-order chi connectivity index (χ1) is 16.1. The summed E-state index contributed by atoms with van der Waals surface area (Å²) in [7, 11) is 0. The van der Waals surface area contributed by atoms with Crippen molar-refractivity contribution in [3.63, 3.8) is 0 Å². The van der Waals surface area contributed by atoms with Gasteiger partial charge in [0.15, 0.2) is 0 Å². The first kappa shape index (κ1) is 23.7. The van der Waals surface area contributed by atoms with Crippen LogP contribution in [0.4, 0.5) is 5.69 Å². The van der Waals surface area contributed by atoms with Crippen molar-refractivity contribution in [2.75, 3.05) is 37.6 Å². The van der Waals surface area contributed by atoms with Gasteiger partial charge in [-0.25, -0.2) is 9.97 Å². The first-order valence-electron chi connectivity index (χ1n) is 12.8. The van der Waals surface area contributed by atoms with E-state index in [4.69, 9.17) is 9.97 Å². The van der Waals surface area contributed by atoms with Gasteiger partial charge in [-0.3, -0.25) is 9.69 Å². The third-order valence-corrected chi connectivity index (χ3v) is 7.23. The van der Waals surface area contributed by atoms with E-state index in [0.717, 1.165) is 31.0 Å². The van der Waals surface area contributed by atoms with E-state index in [1.165, 1.54) is 56.4 Å². The molecule has 1 aromatic carbocycles. The lowest BCUT2D eigenvalue weighted by Gasteiger charge is -2.35. The quantitative estimate of drug-likeness (QED) is 0.596. The molecule has 178 valence electrons. The zero-order valence-electron chi connectivity index (χ0n) is 20.6. The van der Waals surface area contributed by atoms with E-state index in [2.05, 4.69) is 34.1 Å². The highest BCUT2D eigenvalue weighted by Crippen LogP contribution is 2.31. The number of carbonyl (C=O) groups is 1. The number of amides is 1. The molecule has 3 heterocycles. The molecule has 1 atom stereocenters. The maximum absolute atomic E-state index is 12.8. The Morgan fingerprint density at radius 3 is 2.36 bits per heavy atom. The van der Waals surface area contributed by atoms with E-state index in [9.17, 15) is 4.79 Å². The first-order valence-corrected chi connectivity index (χ1v) is 12.8. The Labute approximate surface area is 199 Å². The smallest absolute Gasteiger partial charge is 0.257 e. The van der Waals surface area contributed by atoms with Gasteiger partial charge in [-0.1, -0.05) is 18.6 Å². The van der Waals surface area contributed by atoms with Crippen LogP contribution in [-0.4, -0.2) is 58.4 Å². The summed E-state index contributed by atoms with van der Waals surface area (Å²) in [6, 6.07) is 9.35. The predicted molar refractivity (Wildman–Crippen MR) is 134 cm³/mol. The molecule has 0 N–H and O–H groups in total. The lowest BCUT2D eigenvalue weighted by atomic mass is 10.00. The second kappa shape index (κ2) is 11.1. The van der Waals surface area contributed by atoms with Gasteiger partial charge in [-0.15, -0.1) is 0 Å². The summed E-state index contributed by atoms with van der Waals surface area (Å²) in [6.07, 6.45) is 9.17. The van der Waals surface area contributed by atoms with Crippen LogP contribution in [-0.2, 0) is 6.54 Å². The van der Waals surface area contributed by atoms with Gasteiger partial charge in [0.1, 0.15) is 5.82 Å². The molecule has 0 bridgehead atoms. The lowest BCUT2D eigenvalue weighted by molar-refractivity contribution is 0.0770. The molecule has 0 radical (unpaired) electrons. The van der Waals surface area contributed by atoms with Gasteiger partial charge < -0.3 is 9.80 Å². The van der Waals surface area contributed by atoms with Crippen LogP contribution in [0.3, 0.4) is 0 Å². The molecule has 2 fully saturated rings. The standard InChI is InChI=1S/C27H39N5O/c1-4-30(5-2)27(33)24-19-28-26(29-21(24)3)25-11-7-10-18-32(25)20-22-12-14-23(15-13-22)31-16-8-6-9-17-31/h12-15,19,25H,4-11,16-18,20H2,1-3H3/t25-/m0/s1. The number of nitrogens with zero attached hydrogens (tertiary/aromatic N) is 5. The summed E-state index contributed by atoms with van der Waals surface area (Å²) in [4.78, 5) is 29.2. The molecule has 4 rings (SSSR count). The zero-order chi connectivity index (χ0) is 23.2. The van der Waals surface area contributed by atoms with Crippen molar-refractivity contribution in [1.82, 2.24) is 19.8 Å². The number of aromatic nitrogens is 2. The van der Waals surface area contributed by atoms with Crippen molar-refractivity contribution in [1.29, 1.82) is 0 Å². The minimum atomic E-state index is 0.0262. The summed E-state index contributed by atoms with van der Waals surface area (Å²) in [6.45, 7) is 11.7. The molecule has 1 amide bonds. The fraction of sp³-hybridized carbons (Fsp3) is 0.593. The molecule has 2 aliphatic rings. The van der Waals surface area contributed by atoms with Crippen LogP contribution >= 0.6 is 0 Å². The molecule has 2 aliphatic heterocycles. The Balaban J connectivity index is 1.47. The van der Waals surface area contributed by atoms with Crippen molar-refractivity contribution in [2.45, 2.75) is 71.9 Å².